The molecule has 4 nitrogen and oxygen atoms in total. The van der Waals surface area contributed by atoms with Crippen molar-refractivity contribution in [2.75, 3.05) is 0 Å². The summed E-state index contributed by atoms with van der Waals surface area (Å²) < 4.78 is 29.4. The maximum absolute atomic E-state index is 13.1. The van der Waals surface area contributed by atoms with Gasteiger partial charge in [-0.3, -0.25) is 13.6 Å². The molecule has 0 heterocycles. The van der Waals surface area contributed by atoms with E-state index in [-0.39, 0.29) is 0 Å². The van der Waals surface area contributed by atoms with Crippen molar-refractivity contribution in [3.8, 4) is 0 Å². The Hall–Kier alpha value is 0.980. The van der Waals surface area contributed by atoms with Crippen molar-refractivity contribution in [1.82, 2.24) is 0 Å². The molecule has 0 aliphatic rings. The van der Waals surface area contributed by atoms with Gasteiger partial charge < -0.3 is 0 Å². The van der Waals surface area contributed by atoms with Crippen LogP contribution in [0.5, 0.6) is 0 Å². The van der Waals surface area contributed by atoms with E-state index in [0.717, 1.165) is 0 Å². The molecule has 0 aromatic heterocycles. The lowest BCUT2D eigenvalue weighted by molar-refractivity contribution is 0.0170. The van der Waals surface area contributed by atoms with Crippen molar-refractivity contribution in [2.45, 2.75) is 79.0 Å². The Bertz CT molecular complexity index is 362. The molecule has 0 saturated heterocycles. The van der Waals surface area contributed by atoms with E-state index >= 15 is 0 Å². The van der Waals surface area contributed by atoms with Crippen molar-refractivity contribution in [1.29, 1.82) is 0 Å². The second-order valence-corrected chi connectivity index (χ2v) is 11.5. The fourth-order valence-corrected chi connectivity index (χ4v) is 3.55. The van der Waals surface area contributed by atoms with Gasteiger partial charge in [0, 0.05) is 16.2 Å². The molecule has 0 spiro atoms. The summed E-state index contributed by atoms with van der Waals surface area (Å²) in [6.07, 6.45) is 0. The Kier molecular flexibility index (Phi) is 8.46. The van der Waals surface area contributed by atoms with Gasteiger partial charge >= 0.3 is 7.82 Å². The molecular weight excluding hydrogens is 381 g/mol. The third-order valence-electron chi connectivity index (χ3n) is 2.71. The summed E-state index contributed by atoms with van der Waals surface area (Å²) in [6.45, 7) is 16.6. The molecule has 0 rings (SSSR count). The zero-order valence-electron chi connectivity index (χ0n) is 15.4. The molecule has 23 heavy (non-hydrogen) atoms. The summed E-state index contributed by atoms with van der Waals surface area (Å²) in [5.41, 5.74) is -4.13. The van der Waals surface area contributed by atoms with E-state index in [1.54, 1.807) is 0 Å². The molecule has 0 N–H and O–H groups in total. The highest BCUT2D eigenvalue weighted by molar-refractivity contribution is 7.48. The number of phosphoric acid groups is 1. The van der Waals surface area contributed by atoms with Gasteiger partial charge in [-0.1, -0.05) is 97.1 Å². The first kappa shape index (κ1) is 24.0. The van der Waals surface area contributed by atoms with Gasteiger partial charge in [-0.15, -0.1) is 0 Å². The first-order valence-electron chi connectivity index (χ1n) is 7.46. The number of rotatable bonds is 6. The molecule has 0 radical (unpaired) electrons. The maximum Gasteiger partial charge on any atom is 0.479 e. The molecule has 3 atom stereocenters. The molecule has 0 bridgehead atoms. The summed E-state index contributed by atoms with van der Waals surface area (Å²) in [4.78, 5) is 0. The van der Waals surface area contributed by atoms with E-state index in [4.69, 9.17) is 48.4 Å². The molecule has 140 valence electrons. The minimum absolute atomic E-state index is 0.475. The Morgan fingerprint density at radius 1 is 0.609 bits per heavy atom. The lowest BCUT2D eigenvalue weighted by atomic mass is 9.98. The Balaban J connectivity index is 5.40. The lowest BCUT2D eigenvalue weighted by Gasteiger charge is -2.34. The van der Waals surface area contributed by atoms with Gasteiger partial charge in [0.2, 0.25) is 0 Å². The predicted octanol–water partition coefficient (Wildman–Crippen LogP) is 6.98. The minimum atomic E-state index is -4.07. The number of phosphoric ester groups is 1. The highest BCUT2D eigenvalue weighted by atomic mass is 35.5. The number of halogens is 3. The normalized spacial score (nSPS) is 20.7. The van der Waals surface area contributed by atoms with Gasteiger partial charge in [-0.25, -0.2) is 4.57 Å². The lowest BCUT2D eigenvalue weighted by Crippen LogP contribution is -2.30. The molecule has 0 aromatic carbocycles. The second kappa shape index (κ2) is 8.12. The fraction of sp³-hybridized carbons (Fsp3) is 1.00. The van der Waals surface area contributed by atoms with Crippen LogP contribution in [-0.2, 0) is 18.1 Å². The van der Waals surface area contributed by atoms with Gasteiger partial charge in [-0.05, 0) is 0 Å². The fourth-order valence-electron chi connectivity index (χ4n) is 0.889. The van der Waals surface area contributed by atoms with Crippen LogP contribution in [0.3, 0.4) is 0 Å². The predicted molar refractivity (Wildman–Crippen MR) is 98.1 cm³/mol. The van der Waals surface area contributed by atoms with Crippen LogP contribution in [0.2, 0.25) is 0 Å². The molecule has 8 heteroatoms. The van der Waals surface area contributed by atoms with Gasteiger partial charge in [0.05, 0.1) is 0 Å². The minimum Gasteiger partial charge on any atom is -0.267 e. The molecular formula is C15H30Cl3O4P. The summed E-state index contributed by atoms with van der Waals surface area (Å²) >= 11 is 18.6. The SMILES string of the molecule is CC(C)(C)C(Cl)OP(=O)(OC(Cl)C(C)(C)C)OC(Cl)C(C)(C)C. The van der Waals surface area contributed by atoms with Gasteiger partial charge in [0.15, 0.2) is 0 Å². The third kappa shape index (κ3) is 8.76. The van der Waals surface area contributed by atoms with E-state index in [0.29, 0.717) is 0 Å². The van der Waals surface area contributed by atoms with Crippen molar-refractivity contribution in [3.05, 3.63) is 0 Å². The first-order valence-corrected chi connectivity index (χ1v) is 10.2. The molecule has 0 aromatic rings. The van der Waals surface area contributed by atoms with E-state index in [1.807, 2.05) is 62.3 Å². The topological polar surface area (TPSA) is 44.8 Å². The Morgan fingerprint density at radius 3 is 0.913 bits per heavy atom. The zero-order valence-corrected chi connectivity index (χ0v) is 18.6. The third-order valence-corrected chi connectivity index (χ3v) is 6.72. The number of hydrogen-bond donors (Lipinski definition) is 0. The van der Waals surface area contributed by atoms with Crippen molar-refractivity contribution in [3.63, 3.8) is 0 Å². The van der Waals surface area contributed by atoms with E-state index in [9.17, 15) is 4.57 Å². The largest absolute Gasteiger partial charge is 0.479 e. The van der Waals surface area contributed by atoms with E-state index < -0.39 is 40.8 Å². The molecule has 0 aliphatic heterocycles. The second-order valence-electron chi connectivity index (χ2n) is 8.81. The highest BCUT2D eigenvalue weighted by Crippen LogP contribution is 2.58. The quantitative estimate of drug-likeness (QED) is 0.349. The van der Waals surface area contributed by atoms with Gasteiger partial charge in [0.1, 0.15) is 16.7 Å². The van der Waals surface area contributed by atoms with Crippen LogP contribution in [0.4, 0.5) is 0 Å². The molecule has 0 amide bonds. The maximum atomic E-state index is 13.1. The van der Waals surface area contributed by atoms with Gasteiger partial charge in [-0.2, -0.15) is 0 Å². The van der Waals surface area contributed by atoms with Crippen LogP contribution < -0.4 is 0 Å². The average Bonchev–Trinajstić information content (AvgIpc) is 2.23. The van der Waals surface area contributed by atoms with Crippen LogP contribution in [-0.4, -0.2) is 16.7 Å². The zero-order chi connectivity index (χ0) is 18.9. The molecule has 3 unspecified atom stereocenters. The van der Waals surface area contributed by atoms with Gasteiger partial charge in [0.25, 0.3) is 0 Å². The highest BCUT2D eigenvalue weighted by Gasteiger charge is 2.43. The van der Waals surface area contributed by atoms with Crippen molar-refractivity contribution in [2.24, 2.45) is 16.2 Å². The van der Waals surface area contributed by atoms with Crippen LogP contribution in [0, 0.1) is 16.2 Å². The summed E-state index contributed by atoms with van der Waals surface area (Å²) in [5, 5.41) is 0. The van der Waals surface area contributed by atoms with Crippen LogP contribution in [0.15, 0.2) is 0 Å². The average molecular weight is 412 g/mol. The summed E-state index contributed by atoms with van der Waals surface area (Å²) in [5.74, 6) is 0. The van der Waals surface area contributed by atoms with Crippen LogP contribution in [0.1, 0.15) is 62.3 Å². The van der Waals surface area contributed by atoms with E-state index in [2.05, 4.69) is 0 Å². The molecule has 0 aliphatic carbocycles. The monoisotopic (exact) mass is 410 g/mol. The first-order chi connectivity index (χ1) is 9.88. The van der Waals surface area contributed by atoms with Crippen molar-refractivity contribution >= 4 is 42.6 Å². The standard InChI is InChI=1S/C15H30Cl3O4P/c1-13(2,3)10(16)20-23(19,21-11(17)14(4,5)6)22-12(18)15(7,8)9/h10-12H,1-9H3. The summed E-state index contributed by atoms with van der Waals surface area (Å²) in [6, 6.07) is 0. The Labute approximate surface area is 156 Å². The van der Waals surface area contributed by atoms with Crippen LogP contribution >= 0.6 is 42.6 Å². The Morgan fingerprint density at radius 2 is 0.783 bits per heavy atom. The number of hydrogen-bond acceptors (Lipinski definition) is 4. The van der Waals surface area contributed by atoms with E-state index in [1.165, 1.54) is 0 Å². The van der Waals surface area contributed by atoms with Crippen LogP contribution in [0.25, 0.3) is 0 Å². The summed E-state index contributed by atoms with van der Waals surface area (Å²) in [7, 11) is -4.07. The smallest absolute Gasteiger partial charge is 0.267 e. The van der Waals surface area contributed by atoms with Crippen molar-refractivity contribution < 1.29 is 18.1 Å². The molecule has 0 saturated carbocycles. The number of alkyl halides is 3. The molecule has 0 fully saturated rings.